The number of pyridine rings is 1. The first-order valence-electron chi connectivity index (χ1n) is 9.33. The van der Waals surface area contributed by atoms with E-state index in [1.807, 2.05) is 52.5 Å². The summed E-state index contributed by atoms with van der Waals surface area (Å²) >= 11 is 1.65. The Morgan fingerprint density at radius 1 is 1.07 bits per heavy atom. The van der Waals surface area contributed by atoms with Crippen molar-refractivity contribution in [2.75, 3.05) is 0 Å². The molecule has 0 aliphatic rings. The van der Waals surface area contributed by atoms with Crippen molar-refractivity contribution in [3.8, 4) is 5.82 Å². The van der Waals surface area contributed by atoms with Crippen LogP contribution >= 0.6 is 11.3 Å². The summed E-state index contributed by atoms with van der Waals surface area (Å²) < 4.78 is 1.83. The second-order valence-corrected chi connectivity index (χ2v) is 7.56. The Morgan fingerprint density at radius 2 is 1.97 bits per heavy atom. The van der Waals surface area contributed by atoms with Gasteiger partial charge < -0.3 is 10.6 Å². The molecule has 0 saturated heterocycles. The lowest BCUT2D eigenvalue weighted by Gasteiger charge is -2.18. The van der Waals surface area contributed by atoms with Crippen LogP contribution in [0.4, 0.5) is 4.79 Å². The van der Waals surface area contributed by atoms with Crippen LogP contribution in [0.15, 0.2) is 84.9 Å². The highest BCUT2D eigenvalue weighted by Crippen LogP contribution is 2.23. The monoisotopic (exact) mass is 403 g/mol. The molecular weight excluding hydrogens is 382 g/mol. The highest BCUT2D eigenvalue weighted by atomic mass is 32.1. The fourth-order valence-electron chi connectivity index (χ4n) is 3.02. The van der Waals surface area contributed by atoms with Crippen LogP contribution < -0.4 is 10.6 Å². The van der Waals surface area contributed by atoms with Gasteiger partial charge in [-0.25, -0.2) is 14.8 Å². The number of benzene rings is 1. The molecule has 6 nitrogen and oxygen atoms in total. The number of nitrogens with one attached hydrogen (secondary N) is 2. The van der Waals surface area contributed by atoms with E-state index in [4.69, 9.17) is 0 Å². The van der Waals surface area contributed by atoms with Crippen molar-refractivity contribution in [2.24, 2.45) is 0 Å². The van der Waals surface area contributed by atoms with Crippen LogP contribution in [-0.4, -0.2) is 20.6 Å². The van der Waals surface area contributed by atoms with E-state index in [1.165, 1.54) is 5.56 Å². The average Bonchev–Trinajstić information content (AvgIpc) is 3.47. The van der Waals surface area contributed by atoms with Gasteiger partial charge in [-0.1, -0.05) is 42.5 Å². The molecule has 3 heterocycles. The van der Waals surface area contributed by atoms with Gasteiger partial charge in [-0.15, -0.1) is 11.3 Å². The minimum atomic E-state index is -0.196. The molecule has 0 saturated carbocycles. The van der Waals surface area contributed by atoms with Crippen molar-refractivity contribution >= 4 is 17.4 Å². The molecule has 2 N–H and O–H groups in total. The summed E-state index contributed by atoms with van der Waals surface area (Å²) in [5, 5.41) is 8.05. The van der Waals surface area contributed by atoms with E-state index in [2.05, 4.69) is 38.8 Å². The fourth-order valence-corrected chi connectivity index (χ4v) is 3.80. The van der Waals surface area contributed by atoms with E-state index in [0.29, 0.717) is 6.54 Å². The van der Waals surface area contributed by atoms with Crippen molar-refractivity contribution in [3.63, 3.8) is 0 Å². The molecule has 1 aromatic carbocycles. The number of carbonyl (C=O) groups excluding carboxylic acids is 1. The van der Waals surface area contributed by atoms with Gasteiger partial charge in [0.15, 0.2) is 0 Å². The summed E-state index contributed by atoms with van der Waals surface area (Å²) in [6.45, 7) is 0.408. The molecule has 7 heteroatoms. The standard InChI is InChI=1S/C22H21N5OS/c28-22(25-15-18-8-9-21(24-14-18)27-11-10-23-16-27)26-19(20-7-4-12-29-20)13-17-5-2-1-3-6-17/h1-12,14,16,19H,13,15H2,(H2,25,26,28). The molecule has 0 aliphatic heterocycles. The summed E-state index contributed by atoms with van der Waals surface area (Å²) in [4.78, 5) is 22.1. The van der Waals surface area contributed by atoms with Gasteiger partial charge >= 0.3 is 6.03 Å². The zero-order valence-corrected chi connectivity index (χ0v) is 16.5. The van der Waals surface area contributed by atoms with Crippen LogP contribution in [0, 0.1) is 0 Å². The third kappa shape index (κ3) is 5.08. The molecule has 0 aliphatic carbocycles. The molecule has 3 aromatic heterocycles. The molecule has 0 fully saturated rings. The molecule has 1 atom stereocenters. The summed E-state index contributed by atoms with van der Waals surface area (Å²) in [7, 11) is 0. The fraction of sp³-hybridized carbons (Fsp3) is 0.136. The molecule has 0 radical (unpaired) electrons. The highest BCUT2D eigenvalue weighted by molar-refractivity contribution is 7.10. The third-order valence-corrected chi connectivity index (χ3v) is 5.49. The molecule has 0 bridgehead atoms. The highest BCUT2D eigenvalue weighted by Gasteiger charge is 2.16. The Hall–Kier alpha value is -3.45. The second kappa shape index (κ2) is 9.16. The number of hydrogen-bond donors (Lipinski definition) is 2. The maximum atomic E-state index is 12.5. The summed E-state index contributed by atoms with van der Waals surface area (Å²) in [5.74, 6) is 0.788. The molecule has 4 aromatic rings. The van der Waals surface area contributed by atoms with E-state index >= 15 is 0 Å². The second-order valence-electron chi connectivity index (χ2n) is 6.58. The maximum absolute atomic E-state index is 12.5. The van der Waals surface area contributed by atoms with E-state index in [0.717, 1.165) is 22.7 Å². The molecule has 29 heavy (non-hydrogen) atoms. The molecule has 0 spiro atoms. The van der Waals surface area contributed by atoms with Gasteiger partial charge in [-0.3, -0.25) is 4.57 Å². The van der Waals surface area contributed by atoms with Crippen LogP contribution in [0.1, 0.15) is 22.0 Å². The predicted octanol–water partition coefficient (Wildman–Crippen LogP) is 4.11. The minimum Gasteiger partial charge on any atom is -0.334 e. The Morgan fingerprint density at radius 3 is 2.66 bits per heavy atom. The number of carbonyl (C=O) groups is 1. The lowest BCUT2D eigenvalue weighted by molar-refractivity contribution is 0.236. The van der Waals surface area contributed by atoms with Gasteiger partial charge in [-0.2, -0.15) is 0 Å². The number of amides is 2. The molecule has 146 valence electrons. The zero-order chi connectivity index (χ0) is 19.9. The van der Waals surface area contributed by atoms with Crippen LogP contribution in [-0.2, 0) is 13.0 Å². The van der Waals surface area contributed by atoms with E-state index in [9.17, 15) is 4.79 Å². The third-order valence-electron chi connectivity index (χ3n) is 4.51. The molecule has 1 unspecified atom stereocenters. The summed E-state index contributed by atoms with van der Waals surface area (Å²) in [6.07, 6.45) is 7.75. The predicted molar refractivity (Wildman–Crippen MR) is 114 cm³/mol. The van der Waals surface area contributed by atoms with Crippen LogP contribution in [0.3, 0.4) is 0 Å². The topological polar surface area (TPSA) is 71.8 Å². The van der Waals surface area contributed by atoms with E-state index < -0.39 is 0 Å². The summed E-state index contributed by atoms with van der Waals surface area (Å²) in [6, 6.07) is 17.8. The van der Waals surface area contributed by atoms with Crippen molar-refractivity contribution < 1.29 is 4.79 Å². The largest absolute Gasteiger partial charge is 0.334 e. The average molecular weight is 404 g/mol. The smallest absolute Gasteiger partial charge is 0.315 e. The van der Waals surface area contributed by atoms with Gasteiger partial charge in [0, 0.05) is 30.0 Å². The van der Waals surface area contributed by atoms with Crippen molar-refractivity contribution in [1.29, 1.82) is 0 Å². The van der Waals surface area contributed by atoms with Gasteiger partial charge in [-0.05, 0) is 35.1 Å². The number of thiophene rings is 1. The lowest BCUT2D eigenvalue weighted by Crippen LogP contribution is -2.38. The summed E-state index contributed by atoms with van der Waals surface area (Å²) in [5.41, 5.74) is 2.12. The Kier molecular flexibility index (Phi) is 5.97. The first kappa shape index (κ1) is 18.9. The van der Waals surface area contributed by atoms with Gasteiger partial charge in [0.2, 0.25) is 0 Å². The Bertz CT molecular complexity index is 1020. The minimum absolute atomic E-state index is 0.0702. The van der Waals surface area contributed by atoms with Gasteiger partial charge in [0.25, 0.3) is 0 Å². The lowest BCUT2D eigenvalue weighted by atomic mass is 10.0. The van der Waals surface area contributed by atoms with E-state index in [1.54, 1.807) is 30.1 Å². The number of imidazole rings is 1. The van der Waals surface area contributed by atoms with Crippen LogP contribution in [0.25, 0.3) is 5.82 Å². The Labute approximate surface area is 173 Å². The molecular formula is C22H21N5OS. The quantitative estimate of drug-likeness (QED) is 0.488. The Balaban J connectivity index is 1.35. The van der Waals surface area contributed by atoms with Gasteiger partial charge in [0.05, 0.1) is 6.04 Å². The van der Waals surface area contributed by atoms with Crippen molar-refractivity contribution in [2.45, 2.75) is 19.0 Å². The first-order chi connectivity index (χ1) is 14.3. The van der Waals surface area contributed by atoms with Crippen molar-refractivity contribution in [1.82, 2.24) is 25.2 Å². The van der Waals surface area contributed by atoms with Gasteiger partial charge in [0.1, 0.15) is 12.1 Å². The van der Waals surface area contributed by atoms with Crippen LogP contribution in [0.2, 0.25) is 0 Å². The SMILES string of the molecule is O=C(NCc1ccc(-n2ccnc2)nc1)NC(Cc1ccccc1)c1cccs1. The number of hydrogen-bond acceptors (Lipinski definition) is 4. The number of nitrogens with zero attached hydrogens (tertiary/aromatic N) is 3. The maximum Gasteiger partial charge on any atom is 0.315 e. The molecule has 2 amide bonds. The number of urea groups is 1. The van der Waals surface area contributed by atoms with Crippen LogP contribution in [0.5, 0.6) is 0 Å². The molecule has 4 rings (SSSR count). The zero-order valence-electron chi connectivity index (χ0n) is 15.7. The first-order valence-corrected chi connectivity index (χ1v) is 10.2. The number of rotatable bonds is 7. The number of aromatic nitrogens is 3. The van der Waals surface area contributed by atoms with Crippen molar-refractivity contribution in [3.05, 3.63) is 101 Å². The van der Waals surface area contributed by atoms with E-state index in [-0.39, 0.29) is 12.1 Å². The normalized spacial score (nSPS) is 11.7.